The molecule has 0 aliphatic heterocycles. The highest BCUT2D eigenvalue weighted by atomic mass is 16.2. The number of carbonyl (C=O) groups is 2. The Morgan fingerprint density at radius 2 is 1.62 bits per heavy atom. The Morgan fingerprint density at radius 1 is 1.04 bits per heavy atom. The largest absolute Gasteiger partial charge is 0.355 e. The predicted molar refractivity (Wildman–Crippen MR) is 99.4 cm³/mol. The third kappa shape index (κ3) is 5.96. The van der Waals surface area contributed by atoms with E-state index in [4.69, 9.17) is 0 Å². The fourth-order valence-electron chi connectivity index (χ4n) is 2.71. The summed E-state index contributed by atoms with van der Waals surface area (Å²) in [5.74, 6) is -0.0400. The quantitative estimate of drug-likeness (QED) is 0.754. The molecule has 0 saturated heterocycles. The molecule has 134 valence electrons. The maximum atomic E-state index is 12.2. The number of para-hydroxylation sites is 1. The Bertz CT molecular complexity index is 533. The molecular formula is C19H31N3O2. The van der Waals surface area contributed by atoms with Gasteiger partial charge in [0.25, 0.3) is 0 Å². The van der Waals surface area contributed by atoms with Gasteiger partial charge in [-0.2, -0.15) is 0 Å². The monoisotopic (exact) mass is 333 g/mol. The average molecular weight is 333 g/mol. The molecule has 2 amide bonds. The van der Waals surface area contributed by atoms with Gasteiger partial charge in [0.05, 0.1) is 0 Å². The molecule has 0 aliphatic carbocycles. The number of amides is 2. The molecule has 0 radical (unpaired) electrons. The van der Waals surface area contributed by atoms with Gasteiger partial charge < -0.3 is 15.1 Å². The molecule has 1 aromatic carbocycles. The number of nitrogens with zero attached hydrogens (tertiary/aromatic N) is 2. The number of nitrogens with one attached hydrogen (secondary N) is 1. The first-order chi connectivity index (χ1) is 11.4. The first kappa shape index (κ1) is 20.2. The summed E-state index contributed by atoms with van der Waals surface area (Å²) in [4.78, 5) is 28.0. The zero-order chi connectivity index (χ0) is 18.1. The van der Waals surface area contributed by atoms with E-state index in [2.05, 4.69) is 31.3 Å². The highest BCUT2D eigenvalue weighted by Gasteiger charge is 2.19. The van der Waals surface area contributed by atoms with Gasteiger partial charge in [-0.3, -0.25) is 9.59 Å². The second-order valence-corrected chi connectivity index (χ2v) is 6.21. The molecule has 0 saturated carbocycles. The first-order valence-corrected chi connectivity index (χ1v) is 8.70. The van der Waals surface area contributed by atoms with Gasteiger partial charge in [-0.25, -0.2) is 0 Å². The van der Waals surface area contributed by atoms with Gasteiger partial charge in [0.1, 0.15) is 0 Å². The number of hydrogen-bond acceptors (Lipinski definition) is 3. The van der Waals surface area contributed by atoms with E-state index in [-0.39, 0.29) is 11.8 Å². The maximum Gasteiger partial charge on any atom is 0.223 e. The zero-order valence-electron chi connectivity index (χ0n) is 15.7. The van der Waals surface area contributed by atoms with Crippen LogP contribution in [0.4, 0.5) is 5.69 Å². The number of rotatable bonds is 9. The van der Waals surface area contributed by atoms with Crippen LogP contribution < -0.4 is 10.2 Å². The Balaban J connectivity index is 2.82. The van der Waals surface area contributed by atoms with Crippen LogP contribution in [0.25, 0.3) is 0 Å². The van der Waals surface area contributed by atoms with Crippen molar-refractivity contribution in [2.75, 3.05) is 38.6 Å². The lowest BCUT2D eigenvalue weighted by Crippen LogP contribution is -2.36. The average Bonchev–Trinajstić information content (AvgIpc) is 2.54. The molecule has 0 fully saturated rings. The van der Waals surface area contributed by atoms with Gasteiger partial charge in [0, 0.05) is 38.7 Å². The van der Waals surface area contributed by atoms with E-state index < -0.39 is 0 Å². The molecule has 1 N–H and O–H groups in total. The van der Waals surface area contributed by atoms with E-state index >= 15 is 0 Å². The Labute approximate surface area is 146 Å². The number of benzene rings is 1. The van der Waals surface area contributed by atoms with E-state index in [1.807, 2.05) is 25.1 Å². The van der Waals surface area contributed by atoms with Crippen molar-refractivity contribution in [1.29, 1.82) is 0 Å². The van der Waals surface area contributed by atoms with Crippen LogP contribution >= 0.6 is 0 Å². The summed E-state index contributed by atoms with van der Waals surface area (Å²) in [6.45, 7) is 7.58. The summed E-state index contributed by atoms with van der Waals surface area (Å²) in [5.41, 5.74) is 3.28. The molecular weight excluding hydrogens is 302 g/mol. The fourth-order valence-corrected chi connectivity index (χ4v) is 2.71. The molecule has 0 unspecified atom stereocenters. The molecule has 0 heterocycles. The van der Waals surface area contributed by atoms with Crippen molar-refractivity contribution in [3.05, 3.63) is 29.3 Å². The fraction of sp³-hybridized carbons (Fsp3) is 0.579. The molecule has 0 atom stereocenters. The van der Waals surface area contributed by atoms with Crippen molar-refractivity contribution in [3.63, 3.8) is 0 Å². The van der Waals surface area contributed by atoms with Gasteiger partial charge in [0.2, 0.25) is 11.8 Å². The Kier molecular flexibility index (Phi) is 8.47. The molecule has 24 heavy (non-hydrogen) atoms. The summed E-state index contributed by atoms with van der Waals surface area (Å²) in [6.07, 6.45) is 2.04. The summed E-state index contributed by atoms with van der Waals surface area (Å²) < 4.78 is 0. The van der Waals surface area contributed by atoms with Crippen molar-refractivity contribution in [2.45, 2.75) is 40.0 Å². The van der Waals surface area contributed by atoms with Gasteiger partial charge in [-0.1, -0.05) is 32.0 Å². The van der Waals surface area contributed by atoms with E-state index in [9.17, 15) is 9.59 Å². The maximum absolute atomic E-state index is 12.2. The minimum Gasteiger partial charge on any atom is -0.355 e. The normalized spacial score (nSPS) is 10.8. The third-order valence-electron chi connectivity index (χ3n) is 4.06. The SMILES string of the molecule is CCc1cccc(CC)c1N(CCC(=O)NCCN(C)C)C(C)=O. The number of aryl methyl sites for hydroxylation is 2. The molecule has 0 spiro atoms. The molecule has 5 nitrogen and oxygen atoms in total. The molecule has 1 rings (SSSR count). The lowest BCUT2D eigenvalue weighted by Gasteiger charge is -2.26. The van der Waals surface area contributed by atoms with Crippen LogP contribution in [0.1, 0.15) is 38.3 Å². The molecule has 5 heteroatoms. The summed E-state index contributed by atoms with van der Waals surface area (Å²) in [6, 6.07) is 6.15. The van der Waals surface area contributed by atoms with Gasteiger partial charge in [-0.15, -0.1) is 0 Å². The van der Waals surface area contributed by atoms with Crippen LogP contribution in [-0.4, -0.2) is 50.4 Å². The van der Waals surface area contributed by atoms with Crippen molar-refractivity contribution in [3.8, 4) is 0 Å². The summed E-state index contributed by atoms with van der Waals surface area (Å²) in [5, 5.41) is 2.90. The highest BCUT2D eigenvalue weighted by Crippen LogP contribution is 2.27. The molecule has 0 aliphatic rings. The van der Waals surface area contributed by atoms with E-state index in [1.54, 1.807) is 11.8 Å². The molecule has 0 aromatic heterocycles. The van der Waals surface area contributed by atoms with Crippen molar-refractivity contribution in [1.82, 2.24) is 10.2 Å². The number of carbonyl (C=O) groups excluding carboxylic acids is 2. The number of anilines is 1. The van der Waals surface area contributed by atoms with Crippen LogP contribution in [0, 0.1) is 0 Å². The lowest BCUT2D eigenvalue weighted by molar-refractivity contribution is -0.121. The van der Waals surface area contributed by atoms with Gasteiger partial charge >= 0.3 is 0 Å². The van der Waals surface area contributed by atoms with Crippen LogP contribution in [0.15, 0.2) is 18.2 Å². The van der Waals surface area contributed by atoms with Crippen molar-refractivity contribution >= 4 is 17.5 Å². The third-order valence-corrected chi connectivity index (χ3v) is 4.06. The molecule has 1 aromatic rings. The Morgan fingerprint density at radius 3 is 2.08 bits per heavy atom. The van der Waals surface area contributed by atoms with Gasteiger partial charge in [-0.05, 0) is 38.1 Å². The standard InChI is InChI=1S/C19H31N3O2/c1-6-16-9-8-10-17(7-2)19(16)22(15(3)23)13-11-18(24)20-12-14-21(4)5/h8-10H,6-7,11-14H2,1-5H3,(H,20,24). The van der Waals surface area contributed by atoms with Crippen LogP contribution in [-0.2, 0) is 22.4 Å². The smallest absolute Gasteiger partial charge is 0.223 e. The Hall–Kier alpha value is -1.88. The number of likely N-dealkylation sites (N-methyl/N-ethyl adjacent to an activating group) is 1. The summed E-state index contributed by atoms with van der Waals surface area (Å²) >= 11 is 0. The molecule has 0 bridgehead atoms. The van der Waals surface area contributed by atoms with Crippen molar-refractivity contribution in [2.24, 2.45) is 0 Å². The second-order valence-electron chi connectivity index (χ2n) is 6.21. The predicted octanol–water partition coefficient (Wildman–Crippen LogP) is 2.23. The van der Waals surface area contributed by atoms with Crippen LogP contribution in [0.5, 0.6) is 0 Å². The minimum absolute atomic E-state index is 0.0184. The van der Waals surface area contributed by atoms with E-state index in [1.165, 1.54) is 0 Å². The first-order valence-electron chi connectivity index (χ1n) is 8.70. The van der Waals surface area contributed by atoms with Crippen LogP contribution in [0.3, 0.4) is 0 Å². The number of hydrogen-bond donors (Lipinski definition) is 1. The van der Waals surface area contributed by atoms with Gasteiger partial charge in [0.15, 0.2) is 0 Å². The van der Waals surface area contributed by atoms with Crippen LogP contribution in [0.2, 0.25) is 0 Å². The van der Waals surface area contributed by atoms with E-state index in [0.717, 1.165) is 36.2 Å². The summed E-state index contributed by atoms with van der Waals surface area (Å²) in [7, 11) is 3.94. The lowest BCUT2D eigenvalue weighted by atomic mass is 10.0. The topological polar surface area (TPSA) is 52.7 Å². The minimum atomic E-state index is -0.0216. The second kappa shape index (κ2) is 10.1. The highest BCUT2D eigenvalue weighted by molar-refractivity contribution is 5.94. The zero-order valence-corrected chi connectivity index (χ0v) is 15.7. The van der Waals surface area contributed by atoms with Crippen molar-refractivity contribution < 1.29 is 9.59 Å². The van der Waals surface area contributed by atoms with E-state index in [0.29, 0.717) is 19.5 Å².